The van der Waals surface area contributed by atoms with E-state index in [4.69, 9.17) is 0 Å². The van der Waals surface area contributed by atoms with Crippen molar-refractivity contribution in [3.05, 3.63) is 237 Å². The summed E-state index contributed by atoms with van der Waals surface area (Å²) in [5.74, 6) is 0. The SMILES string of the molecule is c1ccc(-c2ccc(-c3ccc(N(c4ccc(-c5ccc6ccccc6c5-c5ccccc5)cc4)c4ccc(-c5cccc6ccccc56)cc4)cc3)cc2)cc1. The number of hydrogen-bond acceptors (Lipinski definition) is 1. The van der Waals surface area contributed by atoms with E-state index in [9.17, 15) is 0 Å². The summed E-state index contributed by atoms with van der Waals surface area (Å²) in [4.78, 5) is 2.36. The van der Waals surface area contributed by atoms with E-state index < -0.39 is 0 Å². The molecule has 10 aromatic rings. The van der Waals surface area contributed by atoms with Crippen molar-refractivity contribution < 1.29 is 0 Å². The predicted octanol–water partition coefficient (Wildman–Crippen LogP) is 15.8. The van der Waals surface area contributed by atoms with Gasteiger partial charge in [-0.2, -0.15) is 0 Å². The van der Waals surface area contributed by atoms with E-state index >= 15 is 0 Å². The maximum absolute atomic E-state index is 2.36. The fourth-order valence-electron chi connectivity index (χ4n) is 8.22. The monoisotopic (exact) mass is 725 g/mol. The Morgan fingerprint density at radius 1 is 0.211 bits per heavy atom. The van der Waals surface area contributed by atoms with Crippen LogP contribution in [0.15, 0.2) is 237 Å². The van der Waals surface area contributed by atoms with Crippen molar-refractivity contribution in [3.8, 4) is 55.6 Å². The second kappa shape index (κ2) is 15.0. The second-order valence-electron chi connectivity index (χ2n) is 14.5. The Hall–Kier alpha value is -7.48. The first kappa shape index (κ1) is 34.0. The third kappa shape index (κ3) is 6.66. The van der Waals surface area contributed by atoms with Gasteiger partial charge in [0.2, 0.25) is 0 Å². The van der Waals surface area contributed by atoms with E-state index in [-0.39, 0.29) is 0 Å². The molecule has 0 saturated carbocycles. The van der Waals surface area contributed by atoms with Gasteiger partial charge in [0.1, 0.15) is 0 Å². The van der Waals surface area contributed by atoms with Crippen LogP contribution >= 0.6 is 0 Å². The first-order valence-corrected chi connectivity index (χ1v) is 19.6. The molecule has 10 aromatic carbocycles. The quantitative estimate of drug-likeness (QED) is 0.151. The molecule has 10 rings (SSSR count). The van der Waals surface area contributed by atoms with E-state index in [1.165, 1.54) is 77.2 Å². The molecular weight excluding hydrogens is 687 g/mol. The normalized spacial score (nSPS) is 11.2. The lowest BCUT2D eigenvalue weighted by molar-refractivity contribution is 1.28. The van der Waals surface area contributed by atoms with E-state index in [2.05, 4.69) is 241 Å². The Labute approximate surface area is 334 Å². The van der Waals surface area contributed by atoms with E-state index in [1.807, 2.05) is 0 Å². The molecule has 0 saturated heterocycles. The van der Waals surface area contributed by atoms with Crippen molar-refractivity contribution >= 4 is 38.6 Å². The summed E-state index contributed by atoms with van der Waals surface area (Å²) in [5, 5.41) is 5.01. The van der Waals surface area contributed by atoms with Crippen LogP contribution in [0, 0.1) is 0 Å². The smallest absolute Gasteiger partial charge is 0.0462 e. The van der Waals surface area contributed by atoms with Gasteiger partial charge in [-0.15, -0.1) is 0 Å². The van der Waals surface area contributed by atoms with Crippen molar-refractivity contribution in [1.82, 2.24) is 0 Å². The molecule has 0 amide bonds. The van der Waals surface area contributed by atoms with Gasteiger partial charge in [0.05, 0.1) is 0 Å². The summed E-state index contributed by atoms with van der Waals surface area (Å²) in [6.45, 7) is 0. The van der Waals surface area contributed by atoms with Crippen LogP contribution in [0.2, 0.25) is 0 Å². The Kier molecular flexibility index (Phi) is 8.95. The van der Waals surface area contributed by atoms with Crippen molar-refractivity contribution in [2.45, 2.75) is 0 Å². The number of benzene rings is 10. The van der Waals surface area contributed by atoms with Crippen LogP contribution in [-0.4, -0.2) is 0 Å². The van der Waals surface area contributed by atoms with Crippen LogP contribution in [0.4, 0.5) is 17.1 Å². The summed E-state index contributed by atoms with van der Waals surface area (Å²) in [7, 11) is 0. The molecule has 1 heteroatoms. The average Bonchev–Trinajstić information content (AvgIpc) is 3.30. The molecule has 0 aliphatic rings. The van der Waals surface area contributed by atoms with Crippen molar-refractivity contribution in [3.63, 3.8) is 0 Å². The largest absolute Gasteiger partial charge is 0.311 e. The number of fused-ring (bicyclic) bond motifs is 2. The number of rotatable bonds is 8. The Morgan fingerprint density at radius 3 is 1.16 bits per heavy atom. The first-order chi connectivity index (χ1) is 28.3. The minimum Gasteiger partial charge on any atom is -0.311 e. The highest BCUT2D eigenvalue weighted by atomic mass is 15.1. The lowest BCUT2D eigenvalue weighted by atomic mass is 9.90. The molecule has 1 nitrogen and oxygen atoms in total. The molecule has 268 valence electrons. The lowest BCUT2D eigenvalue weighted by Gasteiger charge is -2.26. The molecule has 0 spiro atoms. The van der Waals surface area contributed by atoms with Gasteiger partial charge in [-0.1, -0.05) is 200 Å². The fourth-order valence-corrected chi connectivity index (χ4v) is 8.22. The maximum atomic E-state index is 2.36. The van der Waals surface area contributed by atoms with Gasteiger partial charge < -0.3 is 4.90 Å². The van der Waals surface area contributed by atoms with Gasteiger partial charge in [-0.3, -0.25) is 0 Å². The van der Waals surface area contributed by atoms with Crippen LogP contribution in [-0.2, 0) is 0 Å². The summed E-state index contributed by atoms with van der Waals surface area (Å²) in [5.41, 5.74) is 15.4. The minimum absolute atomic E-state index is 1.10. The van der Waals surface area contributed by atoms with Gasteiger partial charge in [0.15, 0.2) is 0 Å². The summed E-state index contributed by atoms with van der Waals surface area (Å²) < 4.78 is 0. The zero-order valence-electron chi connectivity index (χ0n) is 31.5. The van der Waals surface area contributed by atoms with Crippen LogP contribution in [0.1, 0.15) is 0 Å². The molecule has 0 radical (unpaired) electrons. The van der Waals surface area contributed by atoms with E-state index in [1.54, 1.807) is 0 Å². The molecule has 0 aliphatic heterocycles. The Bertz CT molecular complexity index is 2940. The number of hydrogen-bond donors (Lipinski definition) is 0. The van der Waals surface area contributed by atoms with Crippen LogP contribution in [0.3, 0.4) is 0 Å². The van der Waals surface area contributed by atoms with Crippen LogP contribution in [0.5, 0.6) is 0 Å². The third-order valence-electron chi connectivity index (χ3n) is 11.1. The molecular formula is C56H39N. The summed E-state index contributed by atoms with van der Waals surface area (Å²) in [6.07, 6.45) is 0. The van der Waals surface area contributed by atoms with E-state index in [0.717, 1.165) is 17.1 Å². The zero-order chi connectivity index (χ0) is 38.0. The molecule has 0 aromatic heterocycles. The second-order valence-corrected chi connectivity index (χ2v) is 14.5. The topological polar surface area (TPSA) is 3.24 Å². The molecule has 0 atom stereocenters. The van der Waals surface area contributed by atoms with Crippen molar-refractivity contribution in [2.24, 2.45) is 0 Å². The van der Waals surface area contributed by atoms with Crippen LogP contribution in [0.25, 0.3) is 77.2 Å². The van der Waals surface area contributed by atoms with Gasteiger partial charge in [-0.05, 0) is 114 Å². The Morgan fingerprint density at radius 2 is 0.596 bits per heavy atom. The first-order valence-electron chi connectivity index (χ1n) is 19.6. The number of anilines is 3. The molecule has 0 unspecified atom stereocenters. The van der Waals surface area contributed by atoms with E-state index in [0.29, 0.717) is 0 Å². The summed E-state index contributed by atoms with van der Waals surface area (Å²) in [6, 6.07) is 85.5. The maximum Gasteiger partial charge on any atom is 0.0462 e. The molecule has 0 N–H and O–H groups in total. The molecule has 0 heterocycles. The molecule has 0 bridgehead atoms. The molecule has 0 aliphatic carbocycles. The fraction of sp³-hybridized carbons (Fsp3) is 0. The standard InChI is InChI=1S/C56H39N/c1-3-12-40(13-4-1)41-22-24-42(25-23-41)43-26-33-49(34-27-43)57(50-35-28-46(29-36-50)53-21-11-18-44-14-7-9-19-52(44)53)51-37-30-47(31-38-51)55-39-32-45-15-8-10-20-54(45)56(55)48-16-5-2-6-17-48/h1-39H. The van der Waals surface area contributed by atoms with Gasteiger partial charge in [0, 0.05) is 17.1 Å². The average molecular weight is 726 g/mol. The highest BCUT2D eigenvalue weighted by Gasteiger charge is 2.16. The highest BCUT2D eigenvalue weighted by Crippen LogP contribution is 2.41. The van der Waals surface area contributed by atoms with Crippen LogP contribution < -0.4 is 4.90 Å². The van der Waals surface area contributed by atoms with Gasteiger partial charge in [-0.25, -0.2) is 0 Å². The zero-order valence-corrected chi connectivity index (χ0v) is 31.5. The van der Waals surface area contributed by atoms with Gasteiger partial charge >= 0.3 is 0 Å². The summed E-state index contributed by atoms with van der Waals surface area (Å²) >= 11 is 0. The predicted molar refractivity (Wildman–Crippen MR) is 243 cm³/mol. The van der Waals surface area contributed by atoms with Crippen molar-refractivity contribution in [2.75, 3.05) is 4.90 Å². The lowest BCUT2D eigenvalue weighted by Crippen LogP contribution is -2.09. The molecule has 0 fully saturated rings. The minimum atomic E-state index is 1.10. The Balaban J connectivity index is 1.04. The number of nitrogens with zero attached hydrogens (tertiary/aromatic N) is 1. The van der Waals surface area contributed by atoms with Gasteiger partial charge in [0.25, 0.3) is 0 Å². The highest BCUT2D eigenvalue weighted by molar-refractivity contribution is 6.04. The van der Waals surface area contributed by atoms with Crippen molar-refractivity contribution in [1.29, 1.82) is 0 Å². The third-order valence-corrected chi connectivity index (χ3v) is 11.1. The molecule has 57 heavy (non-hydrogen) atoms.